The zero-order chi connectivity index (χ0) is 10.6. The lowest BCUT2D eigenvalue weighted by atomic mass is 10.1. The van der Waals surface area contributed by atoms with Crippen molar-refractivity contribution >= 4 is 32.6 Å². The first-order valence-corrected chi connectivity index (χ1v) is 5.40. The molecule has 0 amide bonds. The third-order valence-corrected chi connectivity index (χ3v) is 2.77. The summed E-state index contributed by atoms with van der Waals surface area (Å²) >= 11 is 9.44. The highest BCUT2D eigenvalue weighted by Crippen LogP contribution is 2.26. The van der Waals surface area contributed by atoms with E-state index in [1.165, 1.54) is 0 Å². The fraction of sp³-hybridized carbons (Fsp3) is 0.182. The van der Waals surface area contributed by atoms with Gasteiger partial charge in [0.25, 0.3) is 0 Å². The van der Waals surface area contributed by atoms with Crippen molar-refractivity contribution in [2.75, 3.05) is 0 Å². The molecule has 1 rings (SSSR count). The molecule has 0 unspecified atom stereocenters. The van der Waals surface area contributed by atoms with Crippen molar-refractivity contribution in [2.24, 2.45) is 0 Å². The molecule has 0 saturated heterocycles. The van der Waals surface area contributed by atoms with E-state index in [2.05, 4.69) is 22.0 Å². The van der Waals surface area contributed by atoms with Crippen molar-refractivity contribution in [1.29, 1.82) is 5.26 Å². The van der Waals surface area contributed by atoms with Crippen LogP contribution in [0.4, 0.5) is 0 Å². The van der Waals surface area contributed by atoms with Crippen molar-refractivity contribution in [3.05, 3.63) is 39.9 Å². The zero-order valence-corrected chi connectivity index (χ0v) is 10.1. The summed E-state index contributed by atoms with van der Waals surface area (Å²) in [5, 5.41) is 9.36. The van der Waals surface area contributed by atoms with Gasteiger partial charge in [-0.3, -0.25) is 0 Å². The monoisotopic (exact) mass is 269 g/mol. The van der Waals surface area contributed by atoms with Gasteiger partial charge in [0.15, 0.2) is 0 Å². The third kappa shape index (κ3) is 2.60. The van der Waals surface area contributed by atoms with Crippen molar-refractivity contribution in [3.63, 3.8) is 0 Å². The maximum Gasteiger partial charge on any atom is 0.0962 e. The molecule has 0 aliphatic rings. The minimum absolute atomic E-state index is 0.538. The van der Waals surface area contributed by atoms with E-state index in [4.69, 9.17) is 16.9 Å². The molecule has 3 heteroatoms. The Balaban J connectivity index is 3.18. The number of rotatable bonds is 2. The molecule has 0 radical (unpaired) electrons. The van der Waals surface area contributed by atoms with Crippen LogP contribution in [0.5, 0.6) is 0 Å². The van der Waals surface area contributed by atoms with E-state index in [0.717, 1.165) is 10.0 Å². The Morgan fingerprint density at radius 2 is 2.29 bits per heavy atom. The third-order valence-electron chi connectivity index (χ3n) is 1.83. The number of hydrogen-bond donors (Lipinski definition) is 0. The average Bonchev–Trinajstić information content (AvgIpc) is 2.19. The Morgan fingerprint density at radius 3 is 2.79 bits per heavy atom. The first-order chi connectivity index (χ1) is 6.69. The molecule has 1 aromatic rings. The highest BCUT2D eigenvalue weighted by molar-refractivity contribution is 9.10. The van der Waals surface area contributed by atoms with Crippen LogP contribution in [0, 0.1) is 11.3 Å². The quantitative estimate of drug-likeness (QED) is 0.734. The van der Waals surface area contributed by atoms with Gasteiger partial charge in [-0.2, -0.15) is 5.26 Å². The Kier molecular flexibility index (Phi) is 4.19. The highest BCUT2D eigenvalue weighted by Gasteiger charge is 2.04. The molecular weight excluding hydrogens is 261 g/mol. The molecular formula is C11H9BrClN. The second-order valence-electron chi connectivity index (χ2n) is 2.77. The Morgan fingerprint density at radius 1 is 1.57 bits per heavy atom. The Labute approximate surface area is 97.1 Å². The number of hydrogen-bond acceptors (Lipinski definition) is 1. The predicted molar refractivity (Wildman–Crippen MR) is 62.8 cm³/mol. The number of allylic oxidation sites excluding steroid dienone is 1. The lowest BCUT2D eigenvalue weighted by Gasteiger charge is -2.02. The zero-order valence-electron chi connectivity index (χ0n) is 7.72. The molecule has 0 aliphatic carbocycles. The maximum atomic E-state index is 8.82. The Bertz CT molecular complexity index is 404. The molecule has 0 spiro atoms. The smallest absolute Gasteiger partial charge is 0.0962 e. The fourth-order valence-electron chi connectivity index (χ4n) is 1.08. The largest absolute Gasteiger partial charge is 0.193 e. The lowest BCUT2D eigenvalue weighted by molar-refractivity contribution is 1.16. The van der Waals surface area contributed by atoms with E-state index in [-0.39, 0.29) is 0 Å². The van der Waals surface area contributed by atoms with Crippen LogP contribution in [-0.2, 0) is 0 Å². The van der Waals surface area contributed by atoms with E-state index in [1.54, 1.807) is 0 Å². The van der Waals surface area contributed by atoms with Gasteiger partial charge < -0.3 is 0 Å². The second-order valence-corrected chi connectivity index (χ2v) is 4.06. The molecule has 0 fully saturated rings. The summed E-state index contributed by atoms with van der Waals surface area (Å²) in [6.45, 7) is 1.92. The van der Waals surface area contributed by atoms with Crippen molar-refractivity contribution in [1.82, 2.24) is 0 Å². The van der Waals surface area contributed by atoms with Crippen LogP contribution in [-0.4, -0.2) is 0 Å². The fourth-order valence-corrected chi connectivity index (χ4v) is 1.78. The summed E-state index contributed by atoms with van der Waals surface area (Å²) in [5.41, 5.74) is 1.49. The van der Waals surface area contributed by atoms with Crippen molar-refractivity contribution in [3.8, 4) is 6.07 Å². The van der Waals surface area contributed by atoms with Gasteiger partial charge >= 0.3 is 0 Å². The lowest BCUT2D eigenvalue weighted by Crippen LogP contribution is -1.83. The van der Waals surface area contributed by atoms with Crippen LogP contribution in [0.2, 0.25) is 0 Å². The molecule has 0 heterocycles. The predicted octanol–water partition coefficient (Wildman–Crippen LogP) is 4.33. The molecule has 0 aliphatic heterocycles. The van der Waals surface area contributed by atoms with E-state index in [9.17, 15) is 0 Å². The normalized spacial score (nSPS) is 11.9. The van der Waals surface area contributed by atoms with Gasteiger partial charge in [-0.1, -0.05) is 46.6 Å². The molecule has 0 aromatic heterocycles. The summed E-state index contributed by atoms with van der Waals surface area (Å²) in [5.74, 6) is 0. The second kappa shape index (κ2) is 5.19. The van der Waals surface area contributed by atoms with Gasteiger partial charge in [0.2, 0.25) is 0 Å². The van der Waals surface area contributed by atoms with Crippen molar-refractivity contribution in [2.45, 2.75) is 13.3 Å². The van der Waals surface area contributed by atoms with E-state index in [1.807, 2.05) is 31.2 Å². The van der Waals surface area contributed by atoms with Crippen LogP contribution < -0.4 is 0 Å². The van der Waals surface area contributed by atoms with Crippen LogP contribution in [0.3, 0.4) is 0 Å². The van der Waals surface area contributed by atoms with Gasteiger partial charge in [-0.15, -0.1) is 0 Å². The van der Waals surface area contributed by atoms with E-state index >= 15 is 0 Å². The first kappa shape index (κ1) is 11.3. The van der Waals surface area contributed by atoms with Gasteiger partial charge in [0.1, 0.15) is 0 Å². The average molecular weight is 271 g/mol. The highest BCUT2D eigenvalue weighted by atomic mass is 79.9. The molecule has 72 valence electrons. The molecule has 1 aromatic carbocycles. The number of nitriles is 1. The van der Waals surface area contributed by atoms with Gasteiger partial charge in [-0.05, 0) is 24.1 Å². The summed E-state index contributed by atoms with van der Waals surface area (Å²) in [6, 6.07) is 9.71. The molecule has 0 N–H and O–H groups in total. The minimum Gasteiger partial charge on any atom is -0.193 e. The molecule has 0 atom stereocenters. The topological polar surface area (TPSA) is 23.8 Å². The Hall–Kier alpha value is -0.780. The summed E-state index contributed by atoms with van der Waals surface area (Å²) in [7, 11) is 0. The maximum absolute atomic E-state index is 8.82. The SMILES string of the molecule is CC/C(C#N)=C(/Cl)c1cccc(Br)c1. The molecule has 0 saturated carbocycles. The van der Waals surface area contributed by atoms with E-state index in [0.29, 0.717) is 17.0 Å². The number of benzene rings is 1. The minimum atomic E-state index is 0.538. The van der Waals surface area contributed by atoms with Crippen molar-refractivity contribution < 1.29 is 0 Å². The number of halogens is 2. The molecule has 14 heavy (non-hydrogen) atoms. The molecule has 0 bridgehead atoms. The summed E-state index contributed by atoms with van der Waals surface area (Å²) in [4.78, 5) is 0. The van der Waals surface area contributed by atoms with Gasteiger partial charge in [-0.25, -0.2) is 0 Å². The number of nitrogens with zero attached hydrogens (tertiary/aromatic N) is 1. The van der Waals surface area contributed by atoms with Crippen LogP contribution in [0.1, 0.15) is 18.9 Å². The standard InChI is InChI=1S/C11H9BrClN/c1-2-8(7-14)11(13)9-4-3-5-10(12)6-9/h3-6H,2H2,1H3/b11-8-. The summed E-state index contributed by atoms with van der Waals surface area (Å²) in [6.07, 6.45) is 0.655. The van der Waals surface area contributed by atoms with E-state index < -0.39 is 0 Å². The summed E-state index contributed by atoms with van der Waals surface area (Å²) < 4.78 is 0.960. The van der Waals surface area contributed by atoms with Crippen LogP contribution >= 0.6 is 27.5 Å². The molecule has 1 nitrogen and oxygen atoms in total. The van der Waals surface area contributed by atoms with Gasteiger partial charge in [0, 0.05) is 10.0 Å². The first-order valence-electron chi connectivity index (χ1n) is 4.23. The van der Waals surface area contributed by atoms with Crippen LogP contribution in [0.15, 0.2) is 34.3 Å². The van der Waals surface area contributed by atoms with Crippen LogP contribution in [0.25, 0.3) is 5.03 Å². The van der Waals surface area contributed by atoms with Gasteiger partial charge in [0.05, 0.1) is 11.1 Å².